The Kier molecular flexibility index (Phi) is 11.9. The van der Waals surface area contributed by atoms with Gasteiger partial charge in [0.05, 0.1) is 12.5 Å². The first-order valence-electron chi connectivity index (χ1n) is 10.1. The summed E-state index contributed by atoms with van der Waals surface area (Å²) in [5, 5.41) is 9.23. The zero-order chi connectivity index (χ0) is 20.8. The van der Waals surface area contributed by atoms with Crippen LogP contribution in [-0.2, 0) is 16.0 Å². The van der Waals surface area contributed by atoms with Crippen LogP contribution in [0.2, 0.25) is 0 Å². The Morgan fingerprint density at radius 2 is 1.93 bits per heavy atom. The molecule has 0 aliphatic heterocycles. The number of carbonyl (C=O) groups excluding carboxylic acids is 1. The molecule has 0 aliphatic rings. The standard InChI is InChI=1S/C21H35FN4O2/c1-5-23-21(25-11-10-19(16(3)4)28-6-2)26-13-12-24-20(27)15-17-8-7-9-18(22)14-17/h7-9,14,16,19H,5-6,10-13,15H2,1-4H3,(H,24,27)(H2,23,25,26). The molecular weight excluding hydrogens is 359 g/mol. The molecule has 0 aromatic heterocycles. The van der Waals surface area contributed by atoms with E-state index < -0.39 is 0 Å². The molecule has 1 aromatic carbocycles. The number of aliphatic imine (C=N–C) groups is 1. The maximum atomic E-state index is 13.2. The van der Waals surface area contributed by atoms with Gasteiger partial charge in [0.1, 0.15) is 5.82 Å². The molecule has 1 unspecified atom stereocenters. The van der Waals surface area contributed by atoms with Crippen molar-refractivity contribution in [2.75, 3.05) is 32.8 Å². The second-order valence-corrected chi connectivity index (χ2v) is 6.87. The highest BCUT2D eigenvalue weighted by atomic mass is 19.1. The van der Waals surface area contributed by atoms with Gasteiger partial charge in [0.2, 0.25) is 5.91 Å². The van der Waals surface area contributed by atoms with Crippen LogP contribution in [0.5, 0.6) is 0 Å². The summed E-state index contributed by atoms with van der Waals surface area (Å²) in [7, 11) is 0. The Morgan fingerprint density at radius 3 is 2.57 bits per heavy atom. The highest BCUT2D eigenvalue weighted by molar-refractivity contribution is 5.80. The number of hydrogen-bond donors (Lipinski definition) is 3. The summed E-state index contributed by atoms with van der Waals surface area (Å²) in [5.74, 6) is 0.716. The summed E-state index contributed by atoms with van der Waals surface area (Å²) in [5.41, 5.74) is 0.661. The lowest BCUT2D eigenvalue weighted by atomic mass is 10.0. The van der Waals surface area contributed by atoms with Crippen LogP contribution in [0.25, 0.3) is 0 Å². The van der Waals surface area contributed by atoms with Gasteiger partial charge in [-0.2, -0.15) is 0 Å². The second-order valence-electron chi connectivity index (χ2n) is 6.87. The van der Waals surface area contributed by atoms with Crippen LogP contribution in [-0.4, -0.2) is 50.8 Å². The number of amides is 1. The fourth-order valence-electron chi connectivity index (χ4n) is 2.75. The third kappa shape index (κ3) is 10.3. The Balaban J connectivity index is 2.34. The smallest absolute Gasteiger partial charge is 0.224 e. The Morgan fingerprint density at radius 1 is 1.18 bits per heavy atom. The van der Waals surface area contributed by atoms with Gasteiger partial charge in [-0.15, -0.1) is 0 Å². The number of nitrogens with one attached hydrogen (secondary N) is 3. The first-order valence-corrected chi connectivity index (χ1v) is 10.1. The SMILES string of the molecule is CCNC(=NCCC(OCC)C(C)C)NCCNC(=O)Cc1cccc(F)c1. The van der Waals surface area contributed by atoms with Crippen molar-refractivity contribution in [1.82, 2.24) is 16.0 Å². The Labute approximate surface area is 168 Å². The van der Waals surface area contributed by atoms with Gasteiger partial charge in [0, 0.05) is 32.8 Å². The highest BCUT2D eigenvalue weighted by Crippen LogP contribution is 2.10. The first-order chi connectivity index (χ1) is 13.5. The number of carbonyl (C=O) groups is 1. The van der Waals surface area contributed by atoms with Gasteiger partial charge >= 0.3 is 0 Å². The number of halogens is 1. The number of hydrogen-bond acceptors (Lipinski definition) is 3. The molecule has 1 amide bonds. The third-order valence-electron chi connectivity index (χ3n) is 4.15. The minimum atomic E-state index is -0.331. The van der Waals surface area contributed by atoms with Crippen molar-refractivity contribution in [1.29, 1.82) is 0 Å². The zero-order valence-corrected chi connectivity index (χ0v) is 17.6. The molecule has 1 rings (SSSR count). The van der Waals surface area contributed by atoms with Crippen LogP contribution in [0.15, 0.2) is 29.3 Å². The molecule has 1 atom stereocenters. The molecule has 3 N–H and O–H groups in total. The van der Waals surface area contributed by atoms with Gasteiger partial charge < -0.3 is 20.7 Å². The van der Waals surface area contributed by atoms with E-state index in [1.807, 2.05) is 13.8 Å². The molecule has 28 heavy (non-hydrogen) atoms. The molecule has 7 heteroatoms. The van der Waals surface area contributed by atoms with E-state index in [4.69, 9.17) is 4.74 Å². The number of ether oxygens (including phenoxy) is 1. The minimum absolute atomic E-state index is 0.133. The molecule has 0 radical (unpaired) electrons. The van der Waals surface area contributed by atoms with Gasteiger partial charge in [-0.05, 0) is 43.9 Å². The Bertz CT molecular complexity index is 608. The van der Waals surface area contributed by atoms with E-state index in [-0.39, 0.29) is 24.2 Å². The minimum Gasteiger partial charge on any atom is -0.378 e. The number of benzene rings is 1. The monoisotopic (exact) mass is 394 g/mol. The lowest BCUT2D eigenvalue weighted by Crippen LogP contribution is -2.42. The van der Waals surface area contributed by atoms with E-state index in [9.17, 15) is 9.18 Å². The van der Waals surface area contributed by atoms with Crippen molar-refractivity contribution in [2.24, 2.45) is 10.9 Å². The molecule has 158 valence electrons. The molecular formula is C21H35FN4O2. The van der Waals surface area contributed by atoms with E-state index in [1.54, 1.807) is 12.1 Å². The highest BCUT2D eigenvalue weighted by Gasteiger charge is 2.12. The van der Waals surface area contributed by atoms with Crippen LogP contribution in [0.3, 0.4) is 0 Å². The predicted octanol–water partition coefficient (Wildman–Crippen LogP) is 2.49. The summed E-state index contributed by atoms with van der Waals surface area (Å²) in [6.45, 7) is 11.5. The van der Waals surface area contributed by atoms with Crippen LogP contribution in [0, 0.1) is 11.7 Å². The maximum Gasteiger partial charge on any atom is 0.224 e. The summed E-state index contributed by atoms with van der Waals surface area (Å²) >= 11 is 0. The quantitative estimate of drug-likeness (QED) is 0.289. The fourth-order valence-corrected chi connectivity index (χ4v) is 2.75. The van der Waals surface area contributed by atoms with Gasteiger partial charge in [0.15, 0.2) is 5.96 Å². The van der Waals surface area contributed by atoms with E-state index in [2.05, 4.69) is 34.8 Å². The Hall–Kier alpha value is -2.15. The first kappa shape index (κ1) is 23.9. The molecule has 6 nitrogen and oxygen atoms in total. The summed E-state index contributed by atoms with van der Waals surface area (Å²) < 4.78 is 18.9. The van der Waals surface area contributed by atoms with Crippen LogP contribution >= 0.6 is 0 Å². The van der Waals surface area contributed by atoms with E-state index in [0.717, 1.165) is 18.9 Å². The fraction of sp³-hybridized carbons (Fsp3) is 0.619. The van der Waals surface area contributed by atoms with E-state index >= 15 is 0 Å². The number of guanidine groups is 1. The molecule has 0 bridgehead atoms. The predicted molar refractivity (Wildman–Crippen MR) is 112 cm³/mol. The molecule has 1 aromatic rings. The van der Waals surface area contributed by atoms with Gasteiger partial charge in [0.25, 0.3) is 0 Å². The average Bonchev–Trinajstić information content (AvgIpc) is 2.64. The lowest BCUT2D eigenvalue weighted by molar-refractivity contribution is -0.120. The van der Waals surface area contributed by atoms with Crippen LogP contribution < -0.4 is 16.0 Å². The molecule has 0 saturated carbocycles. The van der Waals surface area contributed by atoms with Gasteiger partial charge in [-0.3, -0.25) is 9.79 Å². The molecule has 0 aliphatic carbocycles. The van der Waals surface area contributed by atoms with E-state index in [1.165, 1.54) is 12.1 Å². The van der Waals surface area contributed by atoms with Crippen molar-refractivity contribution in [3.8, 4) is 0 Å². The lowest BCUT2D eigenvalue weighted by Gasteiger charge is -2.20. The third-order valence-corrected chi connectivity index (χ3v) is 4.15. The topological polar surface area (TPSA) is 74.8 Å². The van der Waals surface area contributed by atoms with Crippen molar-refractivity contribution >= 4 is 11.9 Å². The average molecular weight is 395 g/mol. The van der Waals surface area contributed by atoms with Crippen LogP contribution in [0.4, 0.5) is 4.39 Å². The van der Waals surface area contributed by atoms with Crippen LogP contribution in [0.1, 0.15) is 39.7 Å². The zero-order valence-electron chi connectivity index (χ0n) is 17.6. The molecule has 0 saturated heterocycles. The van der Waals surface area contributed by atoms with Crippen molar-refractivity contribution in [3.63, 3.8) is 0 Å². The van der Waals surface area contributed by atoms with Crippen molar-refractivity contribution in [2.45, 2.75) is 46.6 Å². The summed E-state index contributed by atoms with van der Waals surface area (Å²) in [6, 6.07) is 6.09. The molecule has 0 spiro atoms. The molecule has 0 heterocycles. The van der Waals surface area contributed by atoms with Crippen molar-refractivity contribution < 1.29 is 13.9 Å². The number of nitrogens with zero attached hydrogens (tertiary/aromatic N) is 1. The second kappa shape index (κ2) is 13.9. The normalized spacial score (nSPS) is 12.7. The number of rotatable bonds is 12. The maximum absolute atomic E-state index is 13.2. The summed E-state index contributed by atoms with van der Waals surface area (Å²) in [6.07, 6.45) is 1.24. The van der Waals surface area contributed by atoms with Crippen molar-refractivity contribution in [3.05, 3.63) is 35.6 Å². The summed E-state index contributed by atoms with van der Waals surface area (Å²) in [4.78, 5) is 16.5. The molecule has 0 fully saturated rings. The van der Waals surface area contributed by atoms with Gasteiger partial charge in [-0.1, -0.05) is 26.0 Å². The van der Waals surface area contributed by atoms with Gasteiger partial charge in [-0.25, -0.2) is 4.39 Å². The van der Waals surface area contributed by atoms with E-state index in [0.29, 0.717) is 37.7 Å². The largest absolute Gasteiger partial charge is 0.378 e.